The molecule has 2 rings (SSSR count). The fourth-order valence-corrected chi connectivity index (χ4v) is 4.85. The Morgan fingerprint density at radius 3 is 2.46 bits per heavy atom. The van der Waals surface area contributed by atoms with E-state index in [4.69, 9.17) is 23.2 Å². The number of carbonyl (C=O) groups excluding carboxylic acids is 2. The molecule has 0 fully saturated rings. The molecule has 0 aliphatic carbocycles. The Balaban J connectivity index is 2.20. The van der Waals surface area contributed by atoms with Gasteiger partial charge in [-0.1, -0.05) is 48.3 Å². The third-order valence-corrected chi connectivity index (χ3v) is 7.08. The highest BCUT2D eigenvalue weighted by molar-refractivity contribution is 7.92. The number of carbonyl (C=O) groups is 2. The van der Waals surface area contributed by atoms with Crippen molar-refractivity contribution >= 4 is 50.7 Å². The minimum absolute atomic E-state index is 0.0331. The van der Waals surface area contributed by atoms with Gasteiger partial charge in [0.1, 0.15) is 11.9 Å². The Morgan fingerprint density at radius 1 is 1.14 bits per heavy atom. The SMILES string of the molecule is CCCNC(=O)[C@H](C)N(Cc1ccccc1F)C(=O)CCCN(c1cc(Cl)ccc1Cl)S(C)(=O)=O. The van der Waals surface area contributed by atoms with Crippen molar-refractivity contribution in [3.05, 3.63) is 63.9 Å². The van der Waals surface area contributed by atoms with Gasteiger partial charge in [0.25, 0.3) is 0 Å². The molecule has 0 aliphatic rings. The molecule has 0 spiro atoms. The summed E-state index contributed by atoms with van der Waals surface area (Å²) in [5.41, 5.74) is 0.490. The van der Waals surface area contributed by atoms with Gasteiger partial charge in [-0.2, -0.15) is 0 Å². The second kappa shape index (κ2) is 13.1. The van der Waals surface area contributed by atoms with Gasteiger partial charge < -0.3 is 10.2 Å². The van der Waals surface area contributed by atoms with Crippen LogP contribution in [0.15, 0.2) is 42.5 Å². The molecule has 0 saturated carbocycles. The molecule has 0 bridgehead atoms. The van der Waals surface area contributed by atoms with Crippen molar-refractivity contribution in [2.75, 3.05) is 23.7 Å². The fraction of sp³-hybridized carbons (Fsp3) is 0.417. The maximum Gasteiger partial charge on any atom is 0.242 e. The standard InChI is InChI=1S/C24H30Cl2FN3O4S/c1-4-13-28-24(32)17(2)29(16-18-8-5-6-9-21(18)27)23(31)10-7-14-30(35(3,33)34)22-15-19(25)11-12-20(22)26/h5-6,8-9,11-12,15,17H,4,7,10,13-14,16H2,1-3H3,(H,28,32)/t17-/m0/s1. The van der Waals surface area contributed by atoms with E-state index in [9.17, 15) is 22.4 Å². The van der Waals surface area contributed by atoms with E-state index < -0.39 is 27.8 Å². The van der Waals surface area contributed by atoms with E-state index in [0.29, 0.717) is 11.6 Å². The van der Waals surface area contributed by atoms with Crippen LogP contribution in [0.2, 0.25) is 10.0 Å². The Labute approximate surface area is 216 Å². The Morgan fingerprint density at radius 2 is 1.83 bits per heavy atom. The third kappa shape index (κ3) is 8.37. The highest BCUT2D eigenvalue weighted by Gasteiger charge is 2.27. The van der Waals surface area contributed by atoms with E-state index in [2.05, 4.69) is 5.32 Å². The molecule has 0 saturated heterocycles. The van der Waals surface area contributed by atoms with Crippen LogP contribution in [-0.4, -0.2) is 50.5 Å². The molecule has 0 aromatic heterocycles. The topological polar surface area (TPSA) is 86.8 Å². The molecule has 35 heavy (non-hydrogen) atoms. The van der Waals surface area contributed by atoms with Crippen molar-refractivity contribution in [2.24, 2.45) is 0 Å². The Kier molecular flexibility index (Phi) is 10.8. The maximum atomic E-state index is 14.3. The van der Waals surface area contributed by atoms with Crippen molar-refractivity contribution < 1.29 is 22.4 Å². The number of nitrogens with zero attached hydrogens (tertiary/aromatic N) is 2. The lowest BCUT2D eigenvalue weighted by Crippen LogP contribution is -2.48. The first-order valence-corrected chi connectivity index (χ1v) is 13.8. The average molecular weight is 546 g/mol. The van der Waals surface area contributed by atoms with Crippen molar-refractivity contribution in [3.63, 3.8) is 0 Å². The van der Waals surface area contributed by atoms with Crippen molar-refractivity contribution in [3.8, 4) is 0 Å². The van der Waals surface area contributed by atoms with E-state index >= 15 is 0 Å². The zero-order valence-electron chi connectivity index (χ0n) is 19.9. The van der Waals surface area contributed by atoms with E-state index in [1.807, 2.05) is 6.92 Å². The molecule has 0 heterocycles. The van der Waals surface area contributed by atoms with Gasteiger partial charge in [-0.05, 0) is 44.0 Å². The summed E-state index contributed by atoms with van der Waals surface area (Å²) >= 11 is 12.2. The van der Waals surface area contributed by atoms with Crippen LogP contribution < -0.4 is 9.62 Å². The highest BCUT2D eigenvalue weighted by Crippen LogP contribution is 2.31. The normalized spacial score (nSPS) is 12.2. The summed E-state index contributed by atoms with van der Waals surface area (Å²) in [6.07, 6.45) is 1.85. The second-order valence-corrected chi connectivity index (χ2v) is 10.9. The van der Waals surface area contributed by atoms with Crippen molar-refractivity contribution in [1.82, 2.24) is 10.2 Å². The predicted octanol–water partition coefficient (Wildman–Crippen LogP) is 4.62. The highest BCUT2D eigenvalue weighted by atomic mass is 35.5. The third-order valence-electron chi connectivity index (χ3n) is 5.34. The molecule has 7 nitrogen and oxygen atoms in total. The first kappa shape index (κ1) is 28.9. The second-order valence-electron chi connectivity index (χ2n) is 8.11. The van der Waals surface area contributed by atoms with Crippen LogP contribution >= 0.6 is 23.2 Å². The molecule has 0 unspecified atom stereocenters. The summed E-state index contributed by atoms with van der Waals surface area (Å²) in [6, 6.07) is 9.68. The van der Waals surface area contributed by atoms with Gasteiger partial charge in [0.2, 0.25) is 21.8 Å². The molecular weight excluding hydrogens is 516 g/mol. The van der Waals surface area contributed by atoms with Crippen LogP contribution in [0.1, 0.15) is 38.7 Å². The van der Waals surface area contributed by atoms with Crippen LogP contribution in [0.4, 0.5) is 10.1 Å². The van der Waals surface area contributed by atoms with Gasteiger partial charge in [-0.25, -0.2) is 12.8 Å². The van der Waals surface area contributed by atoms with Crippen molar-refractivity contribution in [1.29, 1.82) is 0 Å². The van der Waals surface area contributed by atoms with E-state index in [1.165, 1.54) is 23.1 Å². The maximum absolute atomic E-state index is 14.3. The minimum atomic E-state index is -3.72. The summed E-state index contributed by atoms with van der Waals surface area (Å²) < 4.78 is 40.2. The van der Waals surface area contributed by atoms with Crippen LogP contribution in [0.25, 0.3) is 0 Å². The fourth-order valence-electron chi connectivity index (χ4n) is 3.45. The van der Waals surface area contributed by atoms with Gasteiger partial charge in [0.15, 0.2) is 0 Å². The quantitative estimate of drug-likeness (QED) is 0.421. The van der Waals surface area contributed by atoms with Gasteiger partial charge >= 0.3 is 0 Å². The number of amides is 2. The van der Waals surface area contributed by atoms with E-state index in [1.54, 1.807) is 31.2 Å². The number of hydrogen-bond acceptors (Lipinski definition) is 4. The molecule has 2 aromatic rings. The molecule has 2 amide bonds. The molecule has 0 radical (unpaired) electrons. The van der Waals surface area contributed by atoms with Crippen LogP contribution in [0.5, 0.6) is 0 Å². The summed E-state index contributed by atoms with van der Waals surface area (Å²) in [5, 5.41) is 3.27. The molecular formula is C24H30Cl2FN3O4S. The number of anilines is 1. The first-order chi connectivity index (χ1) is 16.5. The van der Waals surface area contributed by atoms with Gasteiger partial charge in [-0.3, -0.25) is 13.9 Å². The smallest absolute Gasteiger partial charge is 0.242 e. The number of nitrogens with one attached hydrogen (secondary N) is 1. The summed E-state index contributed by atoms with van der Waals surface area (Å²) in [4.78, 5) is 27.1. The number of hydrogen-bond donors (Lipinski definition) is 1. The number of rotatable bonds is 12. The van der Waals surface area contributed by atoms with Gasteiger partial charge in [0, 0.05) is 36.6 Å². The number of halogens is 3. The van der Waals surface area contributed by atoms with Crippen LogP contribution in [-0.2, 0) is 26.2 Å². The van der Waals surface area contributed by atoms with Crippen molar-refractivity contribution in [2.45, 2.75) is 45.7 Å². The monoisotopic (exact) mass is 545 g/mol. The number of benzene rings is 2. The molecule has 1 N–H and O–H groups in total. The van der Waals surface area contributed by atoms with Crippen LogP contribution in [0.3, 0.4) is 0 Å². The number of sulfonamides is 1. The first-order valence-electron chi connectivity index (χ1n) is 11.2. The lowest BCUT2D eigenvalue weighted by atomic mass is 10.1. The predicted molar refractivity (Wildman–Crippen MR) is 138 cm³/mol. The van der Waals surface area contributed by atoms with E-state index in [0.717, 1.165) is 17.0 Å². The Bertz CT molecular complexity index is 1150. The summed E-state index contributed by atoms with van der Waals surface area (Å²) in [6.45, 7) is 3.82. The summed E-state index contributed by atoms with van der Waals surface area (Å²) in [7, 11) is -3.72. The van der Waals surface area contributed by atoms with Crippen LogP contribution in [0, 0.1) is 5.82 Å². The summed E-state index contributed by atoms with van der Waals surface area (Å²) in [5.74, 6) is -1.23. The molecule has 11 heteroatoms. The molecule has 2 aromatic carbocycles. The Hall–Kier alpha value is -2.36. The lowest BCUT2D eigenvalue weighted by molar-refractivity contribution is -0.140. The lowest BCUT2D eigenvalue weighted by Gasteiger charge is -2.29. The largest absolute Gasteiger partial charge is 0.354 e. The molecule has 0 aliphatic heterocycles. The molecule has 192 valence electrons. The average Bonchev–Trinajstić information content (AvgIpc) is 2.80. The zero-order chi connectivity index (χ0) is 26.2. The zero-order valence-corrected chi connectivity index (χ0v) is 22.3. The van der Waals surface area contributed by atoms with E-state index in [-0.39, 0.29) is 48.1 Å². The molecule has 1 atom stereocenters. The van der Waals surface area contributed by atoms with Gasteiger partial charge in [0.05, 0.1) is 17.0 Å². The van der Waals surface area contributed by atoms with Gasteiger partial charge in [-0.15, -0.1) is 0 Å². The minimum Gasteiger partial charge on any atom is -0.354 e.